The Bertz CT molecular complexity index is 1270. The topological polar surface area (TPSA) is 124 Å². The van der Waals surface area contributed by atoms with Gasteiger partial charge in [0, 0.05) is 36.6 Å². The summed E-state index contributed by atoms with van der Waals surface area (Å²) in [6.07, 6.45) is 1.23. The quantitative estimate of drug-likeness (QED) is 0.490. The van der Waals surface area contributed by atoms with Crippen LogP contribution in [0.25, 0.3) is 10.9 Å². The van der Waals surface area contributed by atoms with Gasteiger partial charge in [0.2, 0.25) is 5.13 Å². The van der Waals surface area contributed by atoms with Crippen LogP contribution in [0.2, 0.25) is 0 Å². The van der Waals surface area contributed by atoms with Gasteiger partial charge in [-0.1, -0.05) is 20.3 Å². The predicted molar refractivity (Wildman–Crippen MR) is 129 cm³/mol. The molecule has 2 atom stereocenters. The third-order valence-electron chi connectivity index (χ3n) is 6.67. The number of carboxylic acid groups (broad SMARTS) is 1. The lowest BCUT2D eigenvalue weighted by Crippen LogP contribution is -2.43. The van der Waals surface area contributed by atoms with Crippen LogP contribution in [0.1, 0.15) is 54.9 Å². The lowest BCUT2D eigenvalue weighted by molar-refractivity contribution is -0.155. The van der Waals surface area contributed by atoms with Gasteiger partial charge in [-0.25, -0.2) is 0 Å². The number of benzene rings is 1. The molecule has 0 aliphatic carbocycles. The van der Waals surface area contributed by atoms with Crippen molar-refractivity contribution in [1.29, 1.82) is 5.26 Å². The Labute approximate surface area is 202 Å². The molecule has 1 aliphatic rings. The molecule has 9 nitrogen and oxygen atoms in total. The second kappa shape index (κ2) is 9.24. The number of ether oxygens (including phenoxy) is 2. The maximum absolute atomic E-state index is 11.8. The highest BCUT2D eigenvalue weighted by molar-refractivity contribution is 7.09. The second-order valence-electron chi connectivity index (χ2n) is 8.93. The molecule has 3 heterocycles. The van der Waals surface area contributed by atoms with Gasteiger partial charge in [0.1, 0.15) is 18.0 Å². The molecule has 34 heavy (non-hydrogen) atoms. The number of aliphatic carboxylic acids is 1. The van der Waals surface area contributed by atoms with E-state index in [0.717, 1.165) is 39.3 Å². The standard InChI is InChI=1S/C24H29N5O4S/c1-6-13(2)24(10-19(30)31)22-16(7-8-33-24)20-15(11-25)9-17(14(3)21(20)27-22)32-12-18-26-23(29(4)5)34-28-18/h9,13,27H,6-8,10,12H2,1-5H3,(H,30,31)/t13?,24-/m1/s1. The molecule has 0 radical (unpaired) electrons. The van der Waals surface area contributed by atoms with Crippen LogP contribution in [-0.2, 0) is 28.2 Å². The van der Waals surface area contributed by atoms with Crippen LogP contribution in [0.4, 0.5) is 5.13 Å². The number of fused-ring (bicyclic) bond motifs is 3. The average molecular weight is 484 g/mol. The molecule has 10 heteroatoms. The molecule has 1 aromatic carbocycles. The average Bonchev–Trinajstić information content (AvgIpc) is 3.44. The summed E-state index contributed by atoms with van der Waals surface area (Å²) in [5, 5.41) is 21.3. The first-order valence-corrected chi connectivity index (χ1v) is 12.1. The Kier molecular flexibility index (Phi) is 6.51. The minimum Gasteiger partial charge on any atom is -0.485 e. The first kappa shape index (κ1) is 24.0. The van der Waals surface area contributed by atoms with E-state index >= 15 is 0 Å². The maximum atomic E-state index is 11.8. The first-order chi connectivity index (χ1) is 16.2. The van der Waals surface area contributed by atoms with E-state index in [4.69, 9.17) is 9.47 Å². The summed E-state index contributed by atoms with van der Waals surface area (Å²) >= 11 is 1.30. The largest absolute Gasteiger partial charge is 0.485 e. The smallest absolute Gasteiger partial charge is 0.306 e. The fourth-order valence-corrected chi connectivity index (χ4v) is 5.28. The number of H-pyrrole nitrogens is 1. The summed E-state index contributed by atoms with van der Waals surface area (Å²) < 4.78 is 16.6. The Hall–Kier alpha value is -3.16. The van der Waals surface area contributed by atoms with Crippen LogP contribution in [0, 0.1) is 24.2 Å². The van der Waals surface area contributed by atoms with Crippen LogP contribution in [0.5, 0.6) is 5.75 Å². The fraction of sp³-hybridized carbons (Fsp3) is 0.500. The Morgan fingerprint density at radius 3 is 2.88 bits per heavy atom. The van der Waals surface area contributed by atoms with E-state index in [1.165, 1.54) is 11.5 Å². The van der Waals surface area contributed by atoms with E-state index in [9.17, 15) is 15.2 Å². The number of nitriles is 1. The van der Waals surface area contributed by atoms with Gasteiger partial charge in [0.05, 0.1) is 35.9 Å². The maximum Gasteiger partial charge on any atom is 0.306 e. The highest BCUT2D eigenvalue weighted by Crippen LogP contribution is 2.47. The molecule has 0 fully saturated rings. The lowest BCUT2D eigenvalue weighted by Gasteiger charge is -2.40. The molecule has 3 aromatic rings. The number of hydrogen-bond donors (Lipinski definition) is 2. The van der Waals surface area contributed by atoms with Gasteiger partial charge in [-0.05, 0) is 30.9 Å². The van der Waals surface area contributed by atoms with E-state index in [0.29, 0.717) is 30.2 Å². The van der Waals surface area contributed by atoms with Crippen molar-refractivity contribution in [3.05, 3.63) is 34.3 Å². The number of carboxylic acids is 1. The Balaban J connectivity index is 1.80. The fourth-order valence-electron chi connectivity index (χ4n) is 4.69. The number of rotatable bonds is 8. The van der Waals surface area contributed by atoms with E-state index in [1.807, 2.05) is 39.8 Å². The van der Waals surface area contributed by atoms with Gasteiger partial charge in [-0.2, -0.15) is 14.6 Å². The first-order valence-electron chi connectivity index (χ1n) is 11.3. The van der Waals surface area contributed by atoms with Crippen molar-refractivity contribution in [2.24, 2.45) is 5.92 Å². The minimum absolute atomic E-state index is 0.0288. The number of aromatic amines is 1. The van der Waals surface area contributed by atoms with Gasteiger partial charge in [0.25, 0.3) is 0 Å². The monoisotopic (exact) mass is 483 g/mol. The second-order valence-corrected chi connectivity index (χ2v) is 9.66. The van der Waals surface area contributed by atoms with Gasteiger partial charge in [-0.3, -0.25) is 4.79 Å². The van der Waals surface area contributed by atoms with Gasteiger partial charge < -0.3 is 24.5 Å². The Morgan fingerprint density at radius 2 is 2.26 bits per heavy atom. The lowest BCUT2D eigenvalue weighted by atomic mass is 9.77. The van der Waals surface area contributed by atoms with Crippen LogP contribution in [-0.4, -0.2) is 46.1 Å². The number of nitrogens with zero attached hydrogens (tertiary/aromatic N) is 4. The number of carbonyl (C=O) groups is 1. The number of nitrogens with one attached hydrogen (secondary N) is 1. The number of hydrogen-bond acceptors (Lipinski definition) is 8. The highest BCUT2D eigenvalue weighted by atomic mass is 32.1. The van der Waals surface area contributed by atoms with Crippen molar-refractivity contribution in [3.63, 3.8) is 0 Å². The molecule has 0 saturated carbocycles. The molecule has 2 N–H and O–H groups in total. The van der Waals surface area contributed by atoms with Crippen LogP contribution in [0.15, 0.2) is 6.07 Å². The van der Waals surface area contributed by atoms with Crippen LogP contribution >= 0.6 is 11.5 Å². The van der Waals surface area contributed by atoms with E-state index in [-0.39, 0.29) is 18.9 Å². The van der Waals surface area contributed by atoms with Gasteiger partial charge >= 0.3 is 5.97 Å². The van der Waals surface area contributed by atoms with E-state index in [2.05, 4.69) is 20.4 Å². The zero-order valence-corrected chi connectivity index (χ0v) is 20.9. The molecule has 1 unspecified atom stereocenters. The number of anilines is 1. The zero-order chi connectivity index (χ0) is 24.6. The zero-order valence-electron chi connectivity index (χ0n) is 20.1. The van der Waals surface area contributed by atoms with E-state index in [1.54, 1.807) is 6.07 Å². The highest BCUT2D eigenvalue weighted by Gasteiger charge is 2.46. The van der Waals surface area contributed by atoms with Gasteiger partial charge in [-0.15, -0.1) is 0 Å². The van der Waals surface area contributed by atoms with Crippen LogP contribution < -0.4 is 9.64 Å². The summed E-state index contributed by atoms with van der Waals surface area (Å²) in [6.45, 7) is 6.56. The van der Waals surface area contributed by atoms with Crippen molar-refractivity contribution in [2.75, 3.05) is 25.6 Å². The molecule has 2 aromatic heterocycles. The molecule has 0 saturated heterocycles. The third-order valence-corrected chi connectivity index (χ3v) is 7.59. The molecule has 0 spiro atoms. The minimum atomic E-state index is -0.972. The molecule has 180 valence electrons. The molecular weight excluding hydrogens is 454 g/mol. The van der Waals surface area contributed by atoms with Gasteiger partial charge in [0.15, 0.2) is 5.82 Å². The molecule has 0 bridgehead atoms. The molecule has 4 rings (SSSR count). The summed E-state index contributed by atoms with van der Waals surface area (Å²) in [6, 6.07) is 4.06. The predicted octanol–water partition coefficient (Wildman–Crippen LogP) is 4.13. The summed E-state index contributed by atoms with van der Waals surface area (Å²) in [7, 11) is 3.81. The van der Waals surface area contributed by atoms with Crippen molar-refractivity contribution in [2.45, 2.75) is 52.2 Å². The van der Waals surface area contributed by atoms with Crippen molar-refractivity contribution >= 4 is 33.5 Å². The summed E-state index contributed by atoms with van der Waals surface area (Å²) in [5.74, 6) is 0.195. The van der Waals surface area contributed by atoms with Crippen molar-refractivity contribution in [3.8, 4) is 11.8 Å². The number of aromatic nitrogens is 3. The third kappa shape index (κ3) is 3.99. The number of aryl methyl sites for hydroxylation is 1. The molecule has 1 aliphatic heterocycles. The summed E-state index contributed by atoms with van der Waals surface area (Å²) in [5.41, 5.74) is 2.87. The van der Waals surface area contributed by atoms with E-state index < -0.39 is 11.6 Å². The SMILES string of the molecule is CCC(C)[C@@]1(CC(=O)O)OCCc2c1[nH]c1c(C)c(OCc3nsc(N(C)C)n3)cc(C#N)c21. The normalized spacial score (nSPS) is 18.4. The molecule has 0 amide bonds. The summed E-state index contributed by atoms with van der Waals surface area (Å²) in [4.78, 5) is 21.7. The molecular formula is C24H29N5O4S. The van der Waals surface area contributed by atoms with Crippen molar-refractivity contribution < 1.29 is 19.4 Å². The Morgan fingerprint density at radius 1 is 1.50 bits per heavy atom. The van der Waals surface area contributed by atoms with Crippen molar-refractivity contribution in [1.82, 2.24) is 14.3 Å². The van der Waals surface area contributed by atoms with Crippen LogP contribution in [0.3, 0.4) is 0 Å².